The molecule has 4 atom stereocenters. The summed E-state index contributed by atoms with van der Waals surface area (Å²) in [5, 5.41) is 0. The third kappa shape index (κ3) is 4.43. The third-order valence-corrected chi connectivity index (χ3v) is 5.03. The molecule has 3 heteroatoms. The van der Waals surface area contributed by atoms with Crippen LogP contribution in [0.15, 0.2) is 30.3 Å². The minimum atomic E-state index is -0.748. The second kappa shape index (κ2) is 7.76. The number of carbonyl (C=O) groups excluding carboxylic acids is 2. The molecule has 3 nitrogen and oxygen atoms in total. The quantitative estimate of drug-likeness (QED) is 0.456. The van der Waals surface area contributed by atoms with Gasteiger partial charge in [0.05, 0.1) is 0 Å². The smallest absolute Gasteiger partial charge is 0.316 e. The second-order valence-corrected chi connectivity index (χ2v) is 7.25. The highest BCUT2D eigenvalue weighted by Crippen LogP contribution is 2.35. The lowest BCUT2D eigenvalue weighted by Crippen LogP contribution is -2.38. The Morgan fingerprint density at radius 2 is 1.74 bits per heavy atom. The van der Waals surface area contributed by atoms with E-state index in [0.717, 1.165) is 12.8 Å². The number of esters is 1. The van der Waals surface area contributed by atoms with Crippen LogP contribution in [0.2, 0.25) is 0 Å². The molecule has 1 aromatic rings. The molecule has 23 heavy (non-hydrogen) atoms. The van der Waals surface area contributed by atoms with Gasteiger partial charge in [-0.2, -0.15) is 0 Å². The van der Waals surface area contributed by atoms with Crippen molar-refractivity contribution < 1.29 is 14.3 Å². The molecule has 0 N–H and O–H groups in total. The lowest BCUT2D eigenvalue weighted by molar-refractivity contribution is -0.158. The molecule has 1 aromatic carbocycles. The summed E-state index contributed by atoms with van der Waals surface area (Å²) in [7, 11) is 0. The van der Waals surface area contributed by atoms with Gasteiger partial charge < -0.3 is 4.74 Å². The van der Waals surface area contributed by atoms with Crippen LogP contribution in [0.5, 0.6) is 0 Å². The Kier molecular flexibility index (Phi) is 5.97. The second-order valence-electron chi connectivity index (χ2n) is 7.25. The summed E-state index contributed by atoms with van der Waals surface area (Å²) in [5.74, 6) is 0.157. The van der Waals surface area contributed by atoms with E-state index in [4.69, 9.17) is 4.74 Å². The molecule has 0 amide bonds. The minimum Gasteiger partial charge on any atom is -0.462 e. The van der Waals surface area contributed by atoms with Crippen LogP contribution in [-0.4, -0.2) is 17.9 Å². The van der Waals surface area contributed by atoms with Gasteiger partial charge >= 0.3 is 5.97 Å². The Hall–Kier alpha value is -1.64. The summed E-state index contributed by atoms with van der Waals surface area (Å²) in [5.41, 5.74) is 0.564. The van der Waals surface area contributed by atoms with Crippen LogP contribution in [0.1, 0.15) is 57.3 Å². The highest BCUT2D eigenvalue weighted by atomic mass is 16.5. The van der Waals surface area contributed by atoms with E-state index in [9.17, 15) is 9.59 Å². The molecule has 0 aromatic heterocycles. The number of ether oxygens (including phenoxy) is 1. The normalized spacial score (nSPS) is 25.9. The molecular formula is C20H28O3. The summed E-state index contributed by atoms with van der Waals surface area (Å²) < 4.78 is 5.78. The number of hydrogen-bond donors (Lipinski definition) is 0. The molecule has 0 aliphatic heterocycles. The first-order valence-corrected chi connectivity index (χ1v) is 8.70. The third-order valence-electron chi connectivity index (χ3n) is 5.03. The van der Waals surface area contributed by atoms with Gasteiger partial charge in [0, 0.05) is 5.56 Å². The van der Waals surface area contributed by atoms with Crippen molar-refractivity contribution >= 4 is 11.8 Å². The van der Waals surface area contributed by atoms with E-state index in [-0.39, 0.29) is 17.9 Å². The van der Waals surface area contributed by atoms with E-state index in [2.05, 4.69) is 20.8 Å². The van der Waals surface area contributed by atoms with E-state index in [0.29, 0.717) is 23.3 Å². The molecule has 0 unspecified atom stereocenters. The maximum Gasteiger partial charge on any atom is 0.316 e. The van der Waals surface area contributed by atoms with Gasteiger partial charge in [-0.25, -0.2) is 0 Å². The molecular weight excluding hydrogens is 288 g/mol. The van der Waals surface area contributed by atoms with Crippen molar-refractivity contribution in [3.63, 3.8) is 0 Å². The van der Waals surface area contributed by atoms with Crippen molar-refractivity contribution in [1.82, 2.24) is 0 Å². The van der Waals surface area contributed by atoms with Crippen LogP contribution in [0.3, 0.4) is 0 Å². The lowest BCUT2D eigenvalue weighted by Gasteiger charge is -2.37. The molecule has 0 radical (unpaired) electrons. The monoisotopic (exact) mass is 316 g/mol. The predicted octanol–water partition coefficient (Wildman–Crippen LogP) is 4.51. The molecule has 1 fully saturated rings. The fraction of sp³-hybridized carbons (Fsp3) is 0.600. The van der Waals surface area contributed by atoms with Crippen molar-refractivity contribution in [1.29, 1.82) is 0 Å². The largest absolute Gasteiger partial charge is 0.462 e. The van der Waals surface area contributed by atoms with Crippen molar-refractivity contribution in [2.24, 2.45) is 23.7 Å². The van der Waals surface area contributed by atoms with Gasteiger partial charge in [-0.05, 0) is 37.5 Å². The Morgan fingerprint density at radius 1 is 1.09 bits per heavy atom. The fourth-order valence-corrected chi connectivity index (χ4v) is 3.46. The SMILES string of the molecule is CC(C)[C@H]1CC[C@@H](C)C[C@@H]1OC(=O)[C@H](C)C(=O)c1ccccc1. The van der Waals surface area contributed by atoms with Gasteiger partial charge in [-0.3, -0.25) is 9.59 Å². The number of ketones is 1. The van der Waals surface area contributed by atoms with Gasteiger partial charge in [0.15, 0.2) is 5.78 Å². The zero-order chi connectivity index (χ0) is 17.0. The Labute approximate surface area is 139 Å². The summed E-state index contributed by atoms with van der Waals surface area (Å²) >= 11 is 0. The van der Waals surface area contributed by atoms with Crippen molar-refractivity contribution in [3.05, 3.63) is 35.9 Å². The lowest BCUT2D eigenvalue weighted by atomic mass is 9.75. The number of rotatable bonds is 5. The minimum absolute atomic E-state index is 0.0581. The maximum absolute atomic E-state index is 12.5. The molecule has 0 heterocycles. The Balaban J connectivity index is 2.03. The molecule has 0 saturated heterocycles. The van der Waals surface area contributed by atoms with Crippen molar-refractivity contribution in [2.75, 3.05) is 0 Å². The highest BCUT2D eigenvalue weighted by Gasteiger charge is 2.35. The molecule has 0 spiro atoms. The van der Waals surface area contributed by atoms with Crippen LogP contribution in [0, 0.1) is 23.7 Å². The van der Waals surface area contributed by atoms with Gasteiger partial charge in [0.25, 0.3) is 0 Å². The zero-order valence-electron chi connectivity index (χ0n) is 14.6. The summed E-state index contributed by atoms with van der Waals surface area (Å²) in [4.78, 5) is 24.9. The van der Waals surface area contributed by atoms with E-state index in [1.807, 2.05) is 18.2 Å². The Bertz CT molecular complexity index is 535. The Morgan fingerprint density at radius 3 is 2.35 bits per heavy atom. The molecule has 1 aliphatic rings. The van der Waals surface area contributed by atoms with E-state index in [1.165, 1.54) is 6.42 Å². The van der Waals surface area contributed by atoms with Gasteiger partial charge in [0.1, 0.15) is 12.0 Å². The van der Waals surface area contributed by atoms with Gasteiger partial charge in [-0.1, -0.05) is 57.5 Å². The van der Waals surface area contributed by atoms with Crippen LogP contribution >= 0.6 is 0 Å². The van der Waals surface area contributed by atoms with E-state index in [1.54, 1.807) is 19.1 Å². The van der Waals surface area contributed by atoms with Crippen molar-refractivity contribution in [3.8, 4) is 0 Å². The summed E-state index contributed by atoms with van der Waals surface area (Å²) in [6.45, 7) is 8.21. The summed E-state index contributed by atoms with van der Waals surface area (Å²) in [6.07, 6.45) is 3.13. The van der Waals surface area contributed by atoms with Crippen LogP contribution in [0.4, 0.5) is 0 Å². The molecule has 1 saturated carbocycles. The maximum atomic E-state index is 12.5. The fourth-order valence-electron chi connectivity index (χ4n) is 3.46. The first-order chi connectivity index (χ1) is 10.9. The van der Waals surface area contributed by atoms with E-state index >= 15 is 0 Å². The van der Waals surface area contributed by atoms with Gasteiger partial charge in [0.2, 0.25) is 0 Å². The topological polar surface area (TPSA) is 43.4 Å². The van der Waals surface area contributed by atoms with Crippen LogP contribution in [0.25, 0.3) is 0 Å². The van der Waals surface area contributed by atoms with Gasteiger partial charge in [-0.15, -0.1) is 0 Å². The molecule has 2 rings (SSSR count). The van der Waals surface area contributed by atoms with Crippen molar-refractivity contribution in [2.45, 2.75) is 53.1 Å². The molecule has 126 valence electrons. The first-order valence-electron chi connectivity index (χ1n) is 8.70. The zero-order valence-corrected chi connectivity index (χ0v) is 14.6. The molecule has 1 aliphatic carbocycles. The number of hydrogen-bond acceptors (Lipinski definition) is 3. The van der Waals surface area contributed by atoms with Crippen LogP contribution in [-0.2, 0) is 9.53 Å². The van der Waals surface area contributed by atoms with Crippen LogP contribution < -0.4 is 0 Å². The molecule has 0 bridgehead atoms. The standard InChI is InChI=1S/C20H28O3/c1-13(2)17-11-10-14(3)12-18(17)23-20(22)15(4)19(21)16-8-6-5-7-9-16/h5-9,13-15,17-18H,10-12H2,1-4H3/t14-,15-,17-,18+/m1/s1. The average molecular weight is 316 g/mol. The van der Waals surface area contributed by atoms with E-state index < -0.39 is 5.92 Å². The number of benzene rings is 1. The number of carbonyl (C=O) groups is 2. The summed E-state index contributed by atoms with van der Waals surface area (Å²) in [6, 6.07) is 8.96. The predicted molar refractivity (Wildman–Crippen MR) is 91.2 cm³/mol. The average Bonchev–Trinajstić information content (AvgIpc) is 2.54. The number of Topliss-reactive ketones (excluding diaryl/α,β-unsaturated/α-hetero) is 1. The first kappa shape index (κ1) is 17.7. The highest BCUT2D eigenvalue weighted by molar-refractivity contribution is 6.08.